The molecule has 0 amide bonds. The molecule has 0 aliphatic rings. The summed E-state index contributed by atoms with van der Waals surface area (Å²) >= 11 is 0. The van der Waals surface area contributed by atoms with Crippen molar-refractivity contribution >= 4 is 11.0 Å². The fourth-order valence-corrected chi connectivity index (χ4v) is 1.32. The van der Waals surface area contributed by atoms with Gasteiger partial charge in [-0.1, -0.05) is 0 Å². The van der Waals surface area contributed by atoms with Gasteiger partial charge in [0, 0.05) is 6.20 Å². The van der Waals surface area contributed by atoms with E-state index in [0.29, 0.717) is 11.0 Å². The van der Waals surface area contributed by atoms with Crippen LogP contribution in [0.25, 0.3) is 11.0 Å². The molecule has 0 spiro atoms. The molecule has 0 aromatic carbocycles. The molecule has 2 aromatic rings. The van der Waals surface area contributed by atoms with E-state index in [-0.39, 0.29) is 0 Å². The van der Waals surface area contributed by atoms with E-state index in [4.69, 9.17) is 0 Å². The van der Waals surface area contributed by atoms with Crippen molar-refractivity contribution in [3.05, 3.63) is 23.9 Å². The van der Waals surface area contributed by atoms with Gasteiger partial charge in [-0.15, -0.1) is 0 Å². The highest BCUT2D eigenvalue weighted by Crippen LogP contribution is 2.36. The van der Waals surface area contributed by atoms with Crippen molar-refractivity contribution in [2.45, 2.75) is 6.18 Å². The van der Waals surface area contributed by atoms with Crippen LogP contribution in [0.3, 0.4) is 0 Å². The first kappa shape index (κ1) is 9.82. The molecule has 0 saturated carbocycles. The largest absolute Gasteiger partial charge is 0.481 e. The Hall–Kier alpha value is -1.72. The Morgan fingerprint density at radius 2 is 2.13 bits per heavy atom. The molecule has 0 aliphatic carbocycles. The van der Waals surface area contributed by atoms with Crippen LogP contribution in [0, 0.1) is 0 Å². The number of H-pyrrole nitrogens is 1. The first-order valence-electron chi connectivity index (χ1n) is 4.11. The topological polar surface area (TPSA) is 37.9 Å². The number of rotatable bonds is 1. The zero-order chi connectivity index (χ0) is 11.1. The number of aromatic amines is 1. The first-order chi connectivity index (χ1) is 7.02. The highest BCUT2D eigenvalue weighted by molar-refractivity contribution is 5.76. The van der Waals surface area contributed by atoms with Crippen molar-refractivity contribution in [3.8, 4) is 5.88 Å². The summed E-state index contributed by atoms with van der Waals surface area (Å²) in [7, 11) is 1.16. The fourth-order valence-electron chi connectivity index (χ4n) is 1.32. The summed E-state index contributed by atoms with van der Waals surface area (Å²) in [5.74, 6) is -0.408. The van der Waals surface area contributed by atoms with Crippen LogP contribution in [0.2, 0.25) is 0 Å². The molecule has 0 atom stereocenters. The third-order valence-electron chi connectivity index (χ3n) is 2.00. The summed E-state index contributed by atoms with van der Waals surface area (Å²) in [5, 5.41) is 0. The third kappa shape index (κ3) is 1.62. The zero-order valence-electron chi connectivity index (χ0n) is 7.72. The predicted molar refractivity (Wildman–Crippen MR) is 47.6 cm³/mol. The number of aromatic nitrogens is 2. The monoisotopic (exact) mass is 216 g/mol. The van der Waals surface area contributed by atoms with Crippen LogP contribution in [0.4, 0.5) is 13.2 Å². The Kier molecular flexibility index (Phi) is 2.06. The van der Waals surface area contributed by atoms with Gasteiger partial charge in [-0.05, 0) is 12.1 Å². The van der Waals surface area contributed by atoms with Gasteiger partial charge in [-0.3, -0.25) is 0 Å². The lowest BCUT2D eigenvalue weighted by Gasteiger charge is -2.10. The van der Waals surface area contributed by atoms with Crippen molar-refractivity contribution < 1.29 is 17.9 Å². The van der Waals surface area contributed by atoms with E-state index in [1.807, 2.05) is 0 Å². The summed E-state index contributed by atoms with van der Waals surface area (Å²) in [6, 6.07) is 2.57. The average Bonchev–Trinajstić information content (AvgIpc) is 2.60. The van der Waals surface area contributed by atoms with Crippen molar-refractivity contribution in [3.63, 3.8) is 0 Å². The number of fused-ring (bicyclic) bond motifs is 1. The van der Waals surface area contributed by atoms with E-state index in [9.17, 15) is 13.2 Å². The number of nitrogens with one attached hydrogen (secondary N) is 1. The summed E-state index contributed by atoms with van der Waals surface area (Å²) in [6.45, 7) is 0. The first-order valence-corrected chi connectivity index (χ1v) is 4.11. The highest BCUT2D eigenvalue weighted by atomic mass is 19.4. The van der Waals surface area contributed by atoms with Gasteiger partial charge in [0.05, 0.1) is 18.1 Å². The number of alkyl halides is 3. The van der Waals surface area contributed by atoms with Crippen LogP contribution in [0.15, 0.2) is 18.3 Å². The average molecular weight is 216 g/mol. The standard InChI is InChI=1S/C9H7F3N2O/c1-15-8-5(9(10,11)12)4-7-6(14-8)2-3-13-7/h2-4,13H,1H3. The molecule has 15 heavy (non-hydrogen) atoms. The molecule has 0 fully saturated rings. The number of pyridine rings is 1. The predicted octanol–water partition coefficient (Wildman–Crippen LogP) is 2.59. The van der Waals surface area contributed by atoms with Crippen molar-refractivity contribution in [2.24, 2.45) is 0 Å². The van der Waals surface area contributed by atoms with Gasteiger partial charge in [-0.2, -0.15) is 13.2 Å². The smallest absolute Gasteiger partial charge is 0.421 e. The quantitative estimate of drug-likeness (QED) is 0.795. The minimum absolute atomic E-state index is 0.336. The molecule has 0 radical (unpaired) electrons. The minimum Gasteiger partial charge on any atom is -0.481 e. The minimum atomic E-state index is -4.46. The Morgan fingerprint density at radius 1 is 1.40 bits per heavy atom. The van der Waals surface area contributed by atoms with E-state index < -0.39 is 17.6 Å². The molecule has 80 valence electrons. The Morgan fingerprint density at radius 3 is 2.73 bits per heavy atom. The maximum atomic E-state index is 12.5. The van der Waals surface area contributed by atoms with E-state index in [1.54, 1.807) is 6.07 Å². The van der Waals surface area contributed by atoms with E-state index in [2.05, 4.69) is 14.7 Å². The molecule has 2 rings (SSSR count). The molecular formula is C9H7F3N2O. The van der Waals surface area contributed by atoms with Gasteiger partial charge in [0.25, 0.3) is 0 Å². The van der Waals surface area contributed by atoms with Crippen molar-refractivity contribution in [2.75, 3.05) is 7.11 Å². The van der Waals surface area contributed by atoms with Crippen LogP contribution in [-0.2, 0) is 6.18 Å². The second-order valence-corrected chi connectivity index (χ2v) is 2.95. The van der Waals surface area contributed by atoms with Crippen LogP contribution >= 0.6 is 0 Å². The molecular weight excluding hydrogens is 209 g/mol. The van der Waals surface area contributed by atoms with Gasteiger partial charge in [-0.25, -0.2) is 4.98 Å². The van der Waals surface area contributed by atoms with Crippen LogP contribution < -0.4 is 4.74 Å². The Bertz CT molecular complexity index is 490. The molecule has 0 bridgehead atoms. The van der Waals surface area contributed by atoms with Crippen LogP contribution in [0.5, 0.6) is 5.88 Å². The van der Waals surface area contributed by atoms with E-state index >= 15 is 0 Å². The lowest BCUT2D eigenvalue weighted by Crippen LogP contribution is -2.08. The third-order valence-corrected chi connectivity index (χ3v) is 2.00. The highest BCUT2D eigenvalue weighted by Gasteiger charge is 2.35. The Labute approximate surface area is 82.9 Å². The number of ether oxygens (including phenoxy) is 1. The van der Waals surface area contributed by atoms with Gasteiger partial charge in [0.2, 0.25) is 5.88 Å². The summed E-state index contributed by atoms with van der Waals surface area (Å²) < 4.78 is 42.2. The zero-order valence-corrected chi connectivity index (χ0v) is 7.72. The number of halogens is 3. The molecule has 6 heteroatoms. The number of hydrogen-bond acceptors (Lipinski definition) is 2. The van der Waals surface area contributed by atoms with Gasteiger partial charge in [0.1, 0.15) is 5.56 Å². The van der Waals surface area contributed by atoms with Gasteiger partial charge in [0.15, 0.2) is 0 Å². The van der Waals surface area contributed by atoms with E-state index in [0.717, 1.165) is 13.2 Å². The summed E-state index contributed by atoms with van der Waals surface area (Å²) in [5.41, 5.74) is -0.0945. The lowest BCUT2D eigenvalue weighted by molar-refractivity contribution is -0.139. The molecule has 2 aromatic heterocycles. The molecule has 0 unspecified atom stereocenters. The van der Waals surface area contributed by atoms with Gasteiger partial charge >= 0.3 is 6.18 Å². The normalized spacial score (nSPS) is 12.0. The summed E-state index contributed by atoms with van der Waals surface area (Å²) in [4.78, 5) is 6.41. The summed E-state index contributed by atoms with van der Waals surface area (Å²) in [6.07, 6.45) is -2.94. The number of methoxy groups -OCH3 is 1. The fraction of sp³-hybridized carbons (Fsp3) is 0.222. The second kappa shape index (κ2) is 3.15. The van der Waals surface area contributed by atoms with Crippen molar-refractivity contribution in [1.29, 1.82) is 0 Å². The SMILES string of the molecule is COc1nc2cc[nH]c2cc1C(F)(F)F. The maximum Gasteiger partial charge on any atom is 0.421 e. The molecule has 0 saturated heterocycles. The van der Waals surface area contributed by atoms with Gasteiger partial charge < -0.3 is 9.72 Å². The van der Waals surface area contributed by atoms with E-state index in [1.165, 1.54) is 6.20 Å². The number of nitrogens with zero attached hydrogens (tertiary/aromatic N) is 1. The molecule has 1 N–H and O–H groups in total. The molecule has 0 aliphatic heterocycles. The Balaban J connectivity index is 2.70. The molecule has 3 nitrogen and oxygen atoms in total. The maximum absolute atomic E-state index is 12.5. The number of hydrogen-bond donors (Lipinski definition) is 1. The molecule has 2 heterocycles. The van der Waals surface area contributed by atoms with Crippen molar-refractivity contribution in [1.82, 2.24) is 9.97 Å². The van der Waals surface area contributed by atoms with Crippen LogP contribution in [0.1, 0.15) is 5.56 Å². The van der Waals surface area contributed by atoms with Crippen LogP contribution in [-0.4, -0.2) is 17.1 Å². The second-order valence-electron chi connectivity index (χ2n) is 2.95. The lowest BCUT2D eigenvalue weighted by atomic mass is 10.2.